The molecule has 0 spiro atoms. The fraction of sp³-hybridized carbons (Fsp3) is 0.250. The van der Waals surface area contributed by atoms with Gasteiger partial charge >= 0.3 is 0 Å². The molecule has 0 aromatic heterocycles. The Balaban J connectivity index is 0.00000147. The fourth-order valence-electron chi connectivity index (χ4n) is 2.51. The molecule has 106 valence electrons. The lowest BCUT2D eigenvalue weighted by molar-refractivity contribution is 0.585. The third kappa shape index (κ3) is 2.56. The molecule has 0 bridgehead atoms. The van der Waals surface area contributed by atoms with E-state index >= 15 is 0 Å². The molecule has 1 fully saturated rings. The lowest BCUT2D eigenvalue weighted by Crippen LogP contribution is -2.24. The third-order valence-electron chi connectivity index (χ3n) is 3.88. The first-order valence-corrected chi connectivity index (χ1v) is 6.39. The van der Waals surface area contributed by atoms with Crippen molar-refractivity contribution in [1.82, 2.24) is 5.32 Å². The number of rotatable bonds is 3. The Bertz CT molecular complexity index is 624. The zero-order valence-electron chi connectivity index (χ0n) is 11.1. The van der Waals surface area contributed by atoms with Crippen LogP contribution in [0.1, 0.15) is 18.4 Å². The van der Waals surface area contributed by atoms with E-state index < -0.39 is 11.6 Å². The molecular formula is C16H16ClF2N. The zero-order chi connectivity index (χ0) is 13.5. The van der Waals surface area contributed by atoms with Gasteiger partial charge in [-0.3, -0.25) is 0 Å². The molecule has 4 heteroatoms. The quantitative estimate of drug-likeness (QED) is 0.892. The molecule has 20 heavy (non-hydrogen) atoms. The van der Waals surface area contributed by atoms with E-state index in [4.69, 9.17) is 0 Å². The summed E-state index contributed by atoms with van der Waals surface area (Å²) >= 11 is 0. The third-order valence-corrected chi connectivity index (χ3v) is 3.88. The largest absolute Gasteiger partial charge is 0.310 e. The van der Waals surface area contributed by atoms with Crippen molar-refractivity contribution in [3.63, 3.8) is 0 Å². The summed E-state index contributed by atoms with van der Waals surface area (Å²) in [7, 11) is 1.93. The van der Waals surface area contributed by atoms with Crippen LogP contribution >= 0.6 is 12.4 Å². The van der Waals surface area contributed by atoms with Gasteiger partial charge in [0.05, 0.1) is 0 Å². The molecular weight excluding hydrogens is 280 g/mol. The minimum Gasteiger partial charge on any atom is -0.310 e. The van der Waals surface area contributed by atoms with Crippen LogP contribution in [-0.4, -0.2) is 7.05 Å². The van der Waals surface area contributed by atoms with E-state index in [9.17, 15) is 8.78 Å². The summed E-state index contributed by atoms with van der Waals surface area (Å²) in [4.78, 5) is 0. The lowest BCUT2D eigenvalue weighted by Gasteiger charge is -2.16. The number of benzene rings is 2. The van der Waals surface area contributed by atoms with Gasteiger partial charge in [0.25, 0.3) is 0 Å². The molecule has 2 aromatic rings. The molecule has 0 aliphatic heterocycles. The van der Waals surface area contributed by atoms with Gasteiger partial charge in [0, 0.05) is 11.1 Å². The second-order valence-electron chi connectivity index (χ2n) is 5.04. The summed E-state index contributed by atoms with van der Waals surface area (Å²) in [5.74, 6) is -0.815. The highest BCUT2D eigenvalue weighted by Crippen LogP contribution is 2.45. The molecule has 1 saturated carbocycles. The normalized spacial score (nSPS) is 15.6. The van der Waals surface area contributed by atoms with Crippen LogP contribution in [0.3, 0.4) is 0 Å². The van der Waals surface area contributed by atoms with Crippen LogP contribution in [0.5, 0.6) is 0 Å². The second kappa shape index (κ2) is 5.51. The van der Waals surface area contributed by atoms with Crippen LogP contribution in [0.25, 0.3) is 11.1 Å². The number of halogens is 3. The van der Waals surface area contributed by atoms with E-state index in [2.05, 4.69) is 5.32 Å². The van der Waals surface area contributed by atoms with Crippen molar-refractivity contribution in [3.05, 3.63) is 59.7 Å². The molecule has 0 saturated heterocycles. The van der Waals surface area contributed by atoms with Gasteiger partial charge in [-0.05, 0) is 55.3 Å². The standard InChI is InChI=1S/C16H15F2N.ClH/c1-19-16(7-8-16)12-4-2-3-11(9-12)14-10-13(17)5-6-15(14)18;/h2-6,9-10,19H,7-8H2,1H3;1H. The number of hydrogen-bond donors (Lipinski definition) is 1. The first kappa shape index (κ1) is 14.9. The van der Waals surface area contributed by atoms with Gasteiger partial charge in [-0.1, -0.05) is 18.2 Å². The van der Waals surface area contributed by atoms with Crippen molar-refractivity contribution in [2.45, 2.75) is 18.4 Å². The number of hydrogen-bond acceptors (Lipinski definition) is 1. The summed E-state index contributed by atoms with van der Waals surface area (Å²) in [5.41, 5.74) is 2.20. The monoisotopic (exact) mass is 295 g/mol. The Morgan fingerprint density at radius 1 is 1.05 bits per heavy atom. The molecule has 1 aliphatic rings. The predicted molar refractivity (Wildman–Crippen MR) is 79.0 cm³/mol. The highest BCUT2D eigenvalue weighted by molar-refractivity contribution is 5.85. The van der Waals surface area contributed by atoms with Crippen LogP contribution in [-0.2, 0) is 5.54 Å². The van der Waals surface area contributed by atoms with Crippen molar-refractivity contribution < 1.29 is 8.78 Å². The molecule has 1 aliphatic carbocycles. The van der Waals surface area contributed by atoms with Crippen molar-refractivity contribution in [2.24, 2.45) is 0 Å². The Kier molecular flexibility index (Phi) is 4.11. The minimum atomic E-state index is -0.420. The Morgan fingerprint density at radius 3 is 2.45 bits per heavy atom. The molecule has 3 rings (SSSR count). The summed E-state index contributed by atoms with van der Waals surface area (Å²) in [5, 5.41) is 3.31. The van der Waals surface area contributed by atoms with E-state index in [-0.39, 0.29) is 17.9 Å². The zero-order valence-corrected chi connectivity index (χ0v) is 11.9. The summed E-state index contributed by atoms with van der Waals surface area (Å²) in [6, 6.07) is 11.2. The Labute approximate surface area is 123 Å². The van der Waals surface area contributed by atoms with Crippen LogP contribution in [0, 0.1) is 11.6 Å². The van der Waals surface area contributed by atoms with Crippen molar-refractivity contribution in [3.8, 4) is 11.1 Å². The Hall–Kier alpha value is -1.45. The van der Waals surface area contributed by atoms with Gasteiger partial charge in [0.1, 0.15) is 11.6 Å². The maximum atomic E-state index is 13.8. The van der Waals surface area contributed by atoms with E-state index in [1.54, 1.807) is 0 Å². The predicted octanol–water partition coefficient (Wildman–Crippen LogP) is 4.26. The van der Waals surface area contributed by atoms with Gasteiger partial charge in [-0.15, -0.1) is 12.4 Å². The molecule has 0 unspecified atom stereocenters. The van der Waals surface area contributed by atoms with E-state index in [1.807, 2.05) is 31.3 Å². The van der Waals surface area contributed by atoms with Crippen LogP contribution in [0.15, 0.2) is 42.5 Å². The molecule has 1 nitrogen and oxygen atoms in total. The SMILES string of the molecule is CNC1(c2cccc(-c3cc(F)ccc3F)c2)CC1.Cl. The Morgan fingerprint density at radius 2 is 1.80 bits per heavy atom. The average Bonchev–Trinajstić information content (AvgIpc) is 3.23. The molecule has 0 amide bonds. The molecule has 0 heterocycles. The number of nitrogens with one attached hydrogen (secondary N) is 1. The maximum Gasteiger partial charge on any atom is 0.131 e. The van der Waals surface area contributed by atoms with Gasteiger partial charge in [-0.2, -0.15) is 0 Å². The van der Waals surface area contributed by atoms with Crippen LogP contribution in [0.4, 0.5) is 8.78 Å². The summed E-state index contributed by atoms with van der Waals surface area (Å²) < 4.78 is 27.1. The molecule has 0 atom stereocenters. The smallest absolute Gasteiger partial charge is 0.131 e. The summed E-state index contributed by atoms with van der Waals surface area (Å²) in [6.45, 7) is 0. The maximum absolute atomic E-state index is 13.8. The lowest BCUT2D eigenvalue weighted by atomic mass is 9.98. The van der Waals surface area contributed by atoms with Gasteiger partial charge < -0.3 is 5.32 Å². The van der Waals surface area contributed by atoms with E-state index in [0.717, 1.165) is 30.0 Å². The van der Waals surface area contributed by atoms with Crippen molar-refractivity contribution in [1.29, 1.82) is 0 Å². The van der Waals surface area contributed by atoms with E-state index in [0.29, 0.717) is 5.56 Å². The first-order chi connectivity index (χ1) is 9.14. The molecule has 2 aromatic carbocycles. The highest BCUT2D eigenvalue weighted by Gasteiger charge is 2.42. The highest BCUT2D eigenvalue weighted by atomic mass is 35.5. The van der Waals surface area contributed by atoms with Crippen molar-refractivity contribution in [2.75, 3.05) is 7.05 Å². The summed E-state index contributed by atoms with van der Waals surface area (Å²) in [6.07, 6.45) is 2.16. The average molecular weight is 296 g/mol. The van der Waals surface area contributed by atoms with E-state index in [1.165, 1.54) is 12.1 Å². The van der Waals surface area contributed by atoms with Crippen LogP contribution in [0.2, 0.25) is 0 Å². The van der Waals surface area contributed by atoms with Gasteiger partial charge in [0.15, 0.2) is 0 Å². The minimum absolute atomic E-state index is 0. The van der Waals surface area contributed by atoms with Gasteiger partial charge in [-0.25, -0.2) is 8.78 Å². The fourth-order valence-corrected chi connectivity index (χ4v) is 2.51. The topological polar surface area (TPSA) is 12.0 Å². The van der Waals surface area contributed by atoms with Crippen molar-refractivity contribution >= 4 is 12.4 Å². The van der Waals surface area contributed by atoms with Gasteiger partial charge in [0.2, 0.25) is 0 Å². The first-order valence-electron chi connectivity index (χ1n) is 6.39. The van der Waals surface area contributed by atoms with Crippen LogP contribution < -0.4 is 5.32 Å². The molecule has 1 N–H and O–H groups in total. The second-order valence-corrected chi connectivity index (χ2v) is 5.04. The molecule has 0 radical (unpaired) electrons.